The molecule has 0 unspecified atom stereocenters. The third kappa shape index (κ3) is 4.58. The number of benzene rings is 2. The number of carbonyl (C=O) groups is 1. The van der Waals surface area contributed by atoms with Gasteiger partial charge in [0.25, 0.3) is 5.56 Å². The molecule has 33 heavy (non-hydrogen) atoms. The van der Waals surface area contributed by atoms with Gasteiger partial charge >= 0.3 is 5.69 Å². The zero-order chi connectivity index (χ0) is 23.7. The van der Waals surface area contributed by atoms with Gasteiger partial charge in [-0.15, -0.1) is 11.3 Å². The van der Waals surface area contributed by atoms with Crippen LogP contribution in [0.3, 0.4) is 0 Å². The van der Waals surface area contributed by atoms with Crippen LogP contribution < -0.4 is 21.5 Å². The standard InChI is InChI=1S/C24H23ClN4O3S/c1-4-19-13-20-22(31)29(18-7-5-6-15(25)12-18)24(32)28(23(20)33-19)14-21(30)26-16-8-10-17(11-9-16)27(2)3/h5-13H,4,14H2,1-3H3,(H,26,30). The van der Waals surface area contributed by atoms with Crippen LogP contribution in [-0.2, 0) is 17.8 Å². The van der Waals surface area contributed by atoms with E-state index in [0.717, 1.165) is 15.1 Å². The fraction of sp³-hybridized carbons (Fsp3) is 0.208. The minimum Gasteiger partial charge on any atom is -0.378 e. The number of thiophene rings is 1. The van der Waals surface area contributed by atoms with Crippen LogP contribution in [0, 0.1) is 0 Å². The van der Waals surface area contributed by atoms with Crippen LogP contribution >= 0.6 is 22.9 Å². The molecular weight excluding hydrogens is 460 g/mol. The maximum atomic E-state index is 13.4. The van der Waals surface area contributed by atoms with Crippen molar-refractivity contribution in [2.75, 3.05) is 24.3 Å². The van der Waals surface area contributed by atoms with E-state index < -0.39 is 11.2 Å². The summed E-state index contributed by atoms with van der Waals surface area (Å²) in [7, 11) is 3.87. The van der Waals surface area contributed by atoms with Gasteiger partial charge < -0.3 is 10.2 Å². The molecule has 2 aromatic carbocycles. The number of aryl methyl sites for hydroxylation is 1. The molecule has 0 aliphatic carbocycles. The molecule has 4 aromatic rings. The van der Waals surface area contributed by atoms with Gasteiger partial charge in [0.1, 0.15) is 11.4 Å². The normalized spacial score (nSPS) is 11.0. The Morgan fingerprint density at radius 3 is 2.45 bits per heavy atom. The van der Waals surface area contributed by atoms with Crippen LogP contribution in [0.2, 0.25) is 5.02 Å². The molecule has 1 N–H and O–H groups in total. The summed E-state index contributed by atoms with van der Waals surface area (Å²) in [5.74, 6) is -0.362. The number of fused-ring (bicyclic) bond motifs is 1. The number of hydrogen-bond donors (Lipinski definition) is 1. The molecule has 0 radical (unpaired) electrons. The van der Waals surface area contributed by atoms with E-state index in [-0.39, 0.29) is 12.5 Å². The summed E-state index contributed by atoms with van der Waals surface area (Å²) in [6.07, 6.45) is 0.717. The van der Waals surface area contributed by atoms with Gasteiger partial charge in [-0.1, -0.05) is 24.6 Å². The molecule has 0 aliphatic rings. The molecule has 0 saturated carbocycles. The van der Waals surface area contributed by atoms with Crippen molar-refractivity contribution in [1.29, 1.82) is 0 Å². The van der Waals surface area contributed by atoms with Gasteiger partial charge in [0.15, 0.2) is 0 Å². The molecule has 0 spiro atoms. The quantitative estimate of drug-likeness (QED) is 0.448. The van der Waals surface area contributed by atoms with Crippen LogP contribution in [0.1, 0.15) is 11.8 Å². The predicted octanol–water partition coefficient (Wildman–Crippen LogP) is 4.13. The molecule has 0 saturated heterocycles. The number of nitrogens with zero attached hydrogens (tertiary/aromatic N) is 3. The molecule has 1 amide bonds. The number of halogens is 1. The maximum absolute atomic E-state index is 13.4. The lowest BCUT2D eigenvalue weighted by Crippen LogP contribution is -2.40. The van der Waals surface area contributed by atoms with Gasteiger partial charge in [0.05, 0.1) is 11.1 Å². The first-order chi connectivity index (χ1) is 15.8. The predicted molar refractivity (Wildman–Crippen MR) is 135 cm³/mol. The summed E-state index contributed by atoms with van der Waals surface area (Å²) < 4.78 is 2.42. The highest BCUT2D eigenvalue weighted by Crippen LogP contribution is 2.24. The Balaban J connectivity index is 1.77. The minimum absolute atomic E-state index is 0.227. The number of aromatic nitrogens is 2. The van der Waals surface area contributed by atoms with Gasteiger partial charge in [-0.2, -0.15) is 0 Å². The highest BCUT2D eigenvalue weighted by atomic mass is 35.5. The number of carbonyl (C=O) groups excluding carboxylic acids is 1. The van der Waals surface area contributed by atoms with E-state index in [9.17, 15) is 14.4 Å². The molecule has 0 fully saturated rings. The van der Waals surface area contributed by atoms with Crippen LogP contribution in [0.4, 0.5) is 11.4 Å². The number of anilines is 2. The number of rotatable bonds is 6. The monoisotopic (exact) mass is 482 g/mol. The third-order valence-electron chi connectivity index (χ3n) is 5.25. The third-order valence-corrected chi connectivity index (χ3v) is 6.79. The zero-order valence-electron chi connectivity index (χ0n) is 18.5. The van der Waals surface area contributed by atoms with E-state index in [1.807, 2.05) is 38.1 Å². The lowest BCUT2D eigenvalue weighted by molar-refractivity contribution is -0.116. The van der Waals surface area contributed by atoms with Crippen molar-refractivity contribution in [3.05, 3.63) is 85.3 Å². The Kier molecular flexibility index (Phi) is 6.40. The maximum Gasteiger partial charge on any atom is 0.337 e. The summed E-state index contributed by atoms with van der Waals surface area (Å²) in [4.78, 5) is 42.9. The van der Waals surface area contributed by atoms with Crippen LogP contribution in [0.5, 0.6) is 0 Å². The first-order valence-electron chi connectivity index (χ1n) is 10.4. The summed E-state index contributed by atoms with van der Waals surface area (Å²) in [5.41, 5.74) is 0.974. The Labute approximate surface area is 199 Å². The largest absolute Gasteiger partial charge is 0.378 e. The van der Waals surface area contributed by atoms with E-state index in [4.69, 9.17) is 11.6 Å². The molecule has 7 nitrogen and oxygen atoms in total. The van der Waals surface area contributed by atoms with Gasteiger partial charge in [-0.3, -0.25) is 14.2 Å². The van der Waals surface area contributed by atoms with E-state index in [1.54, 1.807) is 42.5 Å². The molecule has 4 rings (SSSR count). The molecular formula is C24H23ClN4O3S. The summed E-state index contributed by atoms with van der Waals surface area (Å²) in [6, 6.07) is 15.7. The Hall–Kier alpha value is -3.36. The molecule has 0 aliphatic heterocycles. The van der Waals surface area contributed by atoms with Gasteiger partial charge in [0.2, 0.25) is 5.91 Å². The Morgan fingerprint density at radius 1 is 1.09 bits per heavy atom. The van der Waals surface area contributed by atoms with Gasteiger partial charge in [0, 0.05) is 35.4 Å². The summed E-state index contributed by atoms with van der Waals surface area (Å²) >= 11 is 7.45. The number of hydrogen-bond acceptors (Lipinski definition) is 5. The van der Waals surface area contributed by atoms with Gasteiger partial charge in [-0.25, -0.2) is 9.36 Å². The van der Waals surface area contributed by atoms with Crippen molar-refractivity contribution in [2.24, 2.45) is 0 Å². The summed E-state index contributed by atoms with van der Waals surface area (Å²) in [6.45, 7) is 1.75. The van der Waals surface area contributed by atoms with Crippen molar-refractivity contribution in [3.63, 3.8) is 0 Å². The highest BCUT2D eigenvalue weighted by Gasteiger charge is 2.19. The van der Waals surface area contributed by atoms with Crippen LogP contribution in [0.15, 0.2) is 64.2 Å². The average Bonchev–Trinajstić information content (AvgIpc) is 3.22. The minimum atomic E-state index is -0.586. The highest BCUT2D eigenvalue weighted by molar-refractivity contribution is 7.18. The first kappa shape index (κ1) is 22.8. The molecule has 0 bridgehead atoms. The van der Waals surface area contributed by atoms with Crippen molar-refractivity contribution >= 4 is 50.4 Å². The zero-order valence-corrected chi connectivity index (χ0v) is 20.0. The van der Waals surface area contributed by atoms with Crippen molar-refractivity contribution in [1.82, 2.24) is 9.13 Å². The van der Waals surface area contributed by atoms with Crippen LogP contribution in [-0.4, -0.2) is 29.1 Å². The molecule has 9 heteroatoms. The molecule has 2 aromatic heterocycles. The SMILES string of the molecule is CCc1cc2c(=O)n(-c3cccc(Cl)c3)c(=O)n(CC(=O)Nc3ccc(N(C)C)cc3)c2s1. The Bertz CT molecular complexity index is 1450. The van der Waals surface area contributed by atoms with Crippen molar-refractivity contribution < 1.29 is 4.79 Å². The van der Waals surface area contributed by atoms with Gasteiger partial charge in [-0.05, 0) is 55.0 Å². The topological polar surface area (TPSA) is 76.3 Å². The fourth-order valence-electron chi connectivity index (χ4n) is 3.54. The second-order valence-corrected chi connectivity index (χ2v) is 9.32. The van der Waals surface area contributed by atoms with E-state index in [2.05, 4.69) is 5.32 Å². The van der Waals surface area contributed by atoms with E-state index in [0.29, 0.717) is 33.0 Å². The van der Waals surface area contributed by atoms with E-state index >= 15 is 0 Å². The van der Waals surface area contributed by atoms with Crippen LogP contribution in [0.25, 0.3) is 15.9 Å². The second-order valence-electron chi connectivity index (χ2n) is 7.76. The number of nitrogens with one attached hydrogen (secondary N) is 1. The molecule has 170 valence electrons. The second kappa shape index (κ2) is 9.25. The fourth-order valence-corrected chi connectivity index (χ4v) is 4.81. The first-order valence-corrected chi connectivity index (χ1v) is 11.6. The number of amides is 1. The van der Waals surface area contributed by atoms with Crippen molar-refractivity contribution in [3.8, 4) is 5.69 Å². The summed E-state index contributed by atoms with van der Waals surface area (Å²) in [5, 5.41) is 3.64. The molecule has 0 atom stereocenters. The lowest BCUT2D eigenvalue weighted by Gasteiger charge is -2.14. The average molecular weight is 483 g/mol. The Morgan fingerprint density at radius 2 is 1.82 bits per heavy atom. The van der Waals surface area contributed by atoms with Crippen molar-refractivity contribution in [2.45, 2.75) is 19.9 Å². The molecule has 2 heterocycles. The van der Waals surface area contributed by atoms with E-state index in [1.165, 1.54) is 15.9 Å². The smallest absolute Gasteiger partial charge is 0.337 e. The lowest BCUT2D eigenvalue weighted by atomic mass is 10.2.